The van der Waals surface area contributed by atoms with Crippen LogP contribution in [0.25, 0.3) is 0 Å². The van der Waals surface area contributed by atoms with Gasteiger partial charge < -0.3 is 5.32 Å². The minimum Gasteiger partial charge on any atom is -0.378 e. The second-order valence-electron chi connectivity index (χ2n) is 4.66. The van der Waals surface area contributed by atoms with Crippen molar-refractivity contribution in [3.05, 3.63) is 59.7 Å². The minimum absolute atomic E-state index is 0.473. The van der Waals surface area contributed by atoms with Gasteiger partial charge in [-0.05, 0) is 54.5 Å². The van der Waals surface area contributed by atoms with Crippen LogP contribution in [0.2, 0.25) is 0 Å². The fraction of sp³-hybridized carbons (Fsp3) is 0.250. The Balaban J connectivity index is 1.77. The van der Waals surface area contributed by atoms with Crippen molar-refractivity contribution in [2.75, 3.05) is 11.6 Å². The third-order valence-electron chi connectivity index (χ3n) is 3.56. The smallest absolute Gasteiger partial charge is 0.0519 e. The van der Waals surface area contributed by atoms with Crippen molar-refractivity contribution in [1.82, 2.24) is 0 Å². The quantitative estimate of drug-likeness (QED) is 0.810. The molecular weight excluding hydrogens is 238 g/mol. The number of nitrogens with one attached hydrogen (secondary N) is 1. The Morgan fingerprint density at radius 2 is 1.83 bits per heavy atom. The number of benzene rings is 2. The van der Waals surface area contributed by atoms with Gasteiger partial charge in [0.1, 0.15) is 0 Å². The molecule has 1 atom stereocenters. The number of hydrogen-bond acceptors (Lipinski definition) is 2. The molecule has 2 heteroatoms. The molecule has 0 fully saturated rings. The molecular formula is C16H17NS. The Labute approximate surface area is 113 Å². The van der Waals surface area contributed by atoms with Crippen molar-refractivity contribution < 1.29 is 0 Å². The highest BCUT2D eigenvalue weighted by atomic mass is 32.2. The van der Waals surface area contributed by atoms with E-state index in [1.807, 2.05) is 0 Å². The van der Waals surface area contributed by atoms with Crippen LogP contribution in [0.1, 0.15) is 23.6 Å². The number of thioether (sulfide) groups is 1. The maximum atomic E-state index is 3.64. The van der Waals surface area contributed by atoms with Crippen LogP contribution in [0.4, 0.5) is 5.69 Å². The lowest BCUT2D eigenvalue weighted by Crippen LogP contribution is -2.06. The summed E-state index contributed by atoms with van der Waals surface area (Å²) >= 11 is 1.78. The predicted octanol–water partition coefficient (Wildman–Crippen LogP) is 4.51. The highest BCUT2D eigenvalue weighted by Gasteiger charge is 2.21. The number of anilines is 1. The van der Waals surface area contributed by atoms with Gasteiger partial charge in [-0.1, -0.05) is 24.3 Å². The molecule has 0 amide bonds. The van der Waals surface area contributed by atoms with Gasteiger partial charge in [0.05, 0.1) is 6.04 Å². The predicted molar refractivity (Wildman–Crippen MR) is 79.3 cm³/mol. The third-order valence-corrected chi connectivity index (χ3v) is 4.31. The van der Waals surface area contributed by atoms with Gasteiger partial charge in [-0.2, -0.15) is 0 Å². The molecule has 0 aromatic heterocycles. The van der Waals surface area contributed by atoms with E-state index in [9.17, 15) is 0 Å². The van der Waals surface area contributed by atoms with Crippen molar-refractivity contribution in [2.24, 2.45) is 0 Å². The SMILES string of the molecule is CSc1ccc(NC2CCc3ccccc32)cc1. The summed E-state index contributed by atoms with van der Waals surface area (Å²) in [5.74, 6) is 0. The highest BCUT2D eigenvalue weighted by Crippen LogP contribution is 2.33. The number of aryl methyl sites for hydroxylation is 1. The molecule has 1 aliphatic carbocycles. The number of fused-ring (bicyclic) bond motifs is 1. The van der Waals surface area contributed by atoms with Gasteiger partial charge in [-0.3, -0.25) is 0 Å². The molecule has 1 unspecified atom stereocenters. The summed E-state index contributed by atoms with van der Waals surface area (Å²) in [5.41, 5.74) is 4.18. The molecule has 18 heavy (non-hydrogen) atoms. The van der Waals surface area contributed by atoms with Crippen LogP contribution in [0.3, 0.4) is 0 Å². The molecule has 2 aromatic carbocycles. The van der Waals surface area contributed by atoms with Crippen molar-refractivity contribution in [3.63, 3.8) is 0 Å². The minimum atomic E-state index is 0.473. The first kappa shape index (κ1) is 11.7. The van der Waals surface area contributed by atoms with Crippen molar-refractivity contribution in [2.45, 2.75) is 23.8 Å². The lowest BCUT2D eigenvalue weighted by atomic mass is 10.1. The second kappa shape index (κ2) is 5.07. The molecule has 3 rings (SSSR count). The Hall–Kier alpha value is -1.41. The third kappa shape index (κ3) is 2.25. The standard InChI is InChI=1S/C16H17NS/c1-18-14-9-7-13(8-10-14)17-16-11-6-12-4-2-3-5-15(12)16/h2-5,7-10,16-17H,6,11H2,1H3. The summed E-state index contributed by atoms with van der Waals surface area (Å²) < 4.78 is 0. The molecule has 0 radical (unpaired) electrons. The largest absolute Gasteiger partial charge is 0.378 e. The van der Waals surface area contributed by atoms with Crippen LogP contribution in [0, 0.1) is 0 Å². The van der Waals surface area contributed by atoms with Crippen LogP contribution in [0.15, 0.2) is 53.4 Å². The summed E-state index contributed by atoms with van der Waals surface area (Å²) in [6.45, 7) is 0. The fourth-order valence-electron chi connectivity index (χ4n) is 2.60. The fourth-order valence-corrected chi connectivity index (χ4v) is 3.00. The van der Waals surface area contributed by atoms with E-state index in [-0.39, 0.29) is 0 Å². The molecule has 2 aromatic rings. The van der Waals surface area contributed by atoms with E-state index in [1.54, 1.807) is 11.8 Å². The van der Waals surface area contributed by atoms with Gasteiger partial charge in [0.25, 0.3) is 0 Å². The molecule has 0 spiro atoms. The van der Waals surface area contributed by atoms with Crippen LogP contribution >= 0.6 is 11.8 Å². The molecule has 1 aliphatic rings. The molecule has 0 saturated carbocycles. The molecule has 0 saturated heterocycles. The van der Waals surface area contributed by atoms with Crippen LogP contribution < -0.4 is 5.32 Å². The number of hydrogen-bond donors (Lipinski definition) is 1. The van der Waals surface area contributed by atoms with Gasteiger partial charge in [0.15, 0.2) is 0 Å². The lowest BCUT2D eigenvalue weighted by Gasteiger charge is -2.15. The Bertz CT molecular complexity index is 533. The Morgan fingerprint density at radius 1 is 1.06 bits per heavy atom. The summed E-state index contributed by atoms with van der Waals surface area (Å²) in [7, 11) is 0. The van der Waals surface area contributed by atoms with Crippen molar-refractivity contribution in [1.29, 1.82) is 0 Å². The zero-order valence-corrected chi connectivity index (χ0v) is 11.3. The van der Waals surface area contributed by atoms with Gasteiger partial charge >= 0.3 is 0 Å². The Kier molecular flexibility index (Phi) is 3.28. The van der Waals surface area contributed by atoms with Crippen molar-refractivity contribution >= 4 is 17.4 Å². The number of rotatable bonds is 3. The van der Waals surface area contributed by atoms with E-state index < -0.39 is 0 Å². The van der Waals surface area contributed by atoms with E-state index in [1.165, 1.54) is 34.6 Å². The monoisotopic (exact) mass is 255 g/mol. The maximum Gasteiger partial charge on any atom is 0.0519 e. The molecule has 0 heterocycles. The summed E-state index contributed by atoms with van der Waals surface area (Å²) in [4.78, 5) is 1.31. The molecule has 1 N–H and O–H groups in total. The van der Waals surface area contributed by atoms with E-state index in [2.05, 4.69) is 60.1 Å². The lowest BCUT2D eigenvalue weighted by molar-refractivity contribution is 0.762. The molecule has 0 aliphatic heterocycles. The molecule has 1 nitrogen and oxygen atoms in total. The highest BCUT2D eigenvalue weighted by molar-refractivity contribution is 7.98. The normalized spacial score (nSPS) is 17.5. The van der Waals surface area contributed by atoms with Crippen LogP contribution in [0.5, 0.6) is 0 Å². The van der Waals surface area contributed by atoms with E-state index >= 15 is 0 Å². The summed E-state index contributed by atoms with van der Waals surface area (Å²) in [6, 6.07) is 17.9. The van der Waals surface area contributed by atoms with Crippen LogP contribution in [-0.4, -0.2) is 6.26 Å². The first-order valence-corrected chi connectivity index (χ1v) is 7.57. The topological polar surface area (TPSA) is 12.0 Å². The average molecular weight is 255 g/mol. The first-order valence-electron chi connectivity index (χ1n) is 6.35. The molecule has 92 valence electrons. The van der Waals surface area contributed by atoms with Gasteiger partial charge in [-0.15, -0.1) is 11.8 Å². The van der Waals surface area contributed by atoms with Gasteiger partial charge in [0.2, 0.25) is 0 Å². The second-order valence-corrected chi connectivity index (χ2v) is 5.54. The van der Waals surface area contributed by atoms with Gasteiger partial charge in [0, 0.05) is 10.6 Å². The van der Waals surface area contributed by atoms with Crippen molar-refractivity contribution in [3.8, 4) is 0 Å². The van der Waals surface area contributed by atoms with E-state index in [0.717, 1.165) is 0 Å². The summed E-state index contributed by atoms with van der Waals surface area (Å²) in [6.07, 6.45) is 4.50. The zero-order valence-electron chi connectivity index (χ0n) is 10.5. The first-order chi connectivity index (χ1) is 8.86. The molecule has 0 bridgehead atoms. The Morgan fingerprint density at radius 3 is 2.61 bits per heavy atom. The maximum absolute atomic E-state index is 3.64. The van der Waals surface area contributed by atoms with Crippen LogP contribution in [-0.2, 0) is 6.42 Å². The van der Waals surface area contributed by atoms with E-state index in [4.69, 9.17) is 0 Å². The summed E-state index contributed by atoms with van der Waals surface area (Å²) in [5, 5.41) is 3.64. The zero-order chi connectivity index (χ0) is 12.4. The average Bonchev–Trinajstić information content (AvgIpc) is 2.83. The van der Waals surface area contributed by atoms with E-state index in [0.29, 0.717) is 6.04 Å². The van der Waals surface area contributed by atoms with Gasteiger partial charge in [-0.25, -0.2) is 0 Å².